The van der Waals surface area contributed by atoms with Gasteiger partial charge in [-0.3, -0.25) is 15.0 Å². The molecule has 2 aromatic rings. The second-order valence-electron chi connectivity index (χ2n) is 7.55. The molecule has 0 aliphatic carbocycles. The molecule has 164 valence electrons. The van der Waals surface area contributed by atoms with Gasteiger partial charge in [0.15, 0.2) is 0 Å². The topological polar surface area (TPSA) is 128 Å². The molecule has 0 bridgehead atoms. The maximum atomic E-state index is 12.5. The number of primary amides is 1. The van der Waals surface area contributed by atoms with Crippen LogP contribution >= 0.6 is 22.9 Å². The highest BCUT2D eigenvalue weighted by molar-refractivity contribution is 7.17. The molecule has 0 spiro atoms. The summed E-state index contributed by atoms with van der Waals surface area (Å²) in [5.74, 6) is -0.578. The van der Waals surface area contributed by atoms with Crippen LogP contribution in [-0.4, -0.2) is 58.6 Å². The van der Waals surface area contributed by atoms with Crippen molar-refractivity contribution in [2.75, 3.05) is 30.3 Å². The molecule has 4 amide bonds. The van der Waals surface area contributed by atoms with Gasteiger partial charge in [0.05, 0.1) is 5.56 Å². The SMILES string of the molecule is NC(=O)c1c(NC(=O)Nc2ccc(Cl)cc2)sc2c1CCN(C1CCN(C(=O)O)C1)C2. The van der Waals surface area contributed by atoms with Gasteiger partial charge in [0, 0.05) is 47.8 Å². The van der Waals surface area contributed by atoms with Gasteiger partial charge in [0.25, 0.3) is 5.91 Å². The maximum absolute atomic E-state index is 12.5. The van der Waals surface area contributed by atoms with E-state index in [9.17, 15) is 19.5 Å². The molecule has 0 radical (unpaired) electrons. The van der Waals surface area contributed by atoms with Gasteiger partial charge in [0.1, 0.15) is 5.00 Å². The number of thiophene rings is 1. The van der Waals surface area contributed by atoms with Crippen molar-refractivity contribution >= 4 is 51.7 Å². The van der Waals surface area contributed by atoms with Crippen LogP contribution in [0.4, 0.5) is 20.3 Å². The van der Waals surface area contributed by atoms with E-state index < -0.39 is 18.0 Å². The van der Waals surface area contributed by atoms with E-state index in [4.69, 9.17) is 17.3 Å². The minimum atomic E-state index is -0.898. The van der Waals surface area contributed by atoms with Crippen LogP contribution in [-0.2, 0) is 13.0 Å². The number of urea groups is 1. The molecular formula is C20H22ClN5O4S. The summed E-state index contributed by atoms with van der Waals surface area (Å²) in [6.45, 7) is 2.31. The number of hydrogen-bond acceptors (Lipinski definition) is 5. The fourth-order valence-electron chi connectivity index (χ4n) is 4.10. The Morgan fingerprint density at radius 3 is 2.55 bits per heavy atom. The van der Waals surface area contributed by atoms with Gasteiger partial charge >= 0.3 is 12.1 Å². The molecule has 2 aliphatic rings. The lowest BCUT2D eigenvalue weighted by atomic mass is 10.0. The number of anilines is 2. The lowest BCUT2D eigenvalue weighted by Crippen LogP contribution is -2.41. The summed E-state index contributed by atoms with van der Waals surface area (Å²) in [6, 6.07) is 6.35. The number of fused-ring (bicyclic) bond motifs is 1. The monoisotopic (exact) mass is 463 g/mol. The van der Waals surface area contributed by atoms with Crippen LogP contribution < -0.4 is 16.4 Å². The van der Waals surface area contributed by atoms with Gasteiger partial charge in [-0.1, -0.05) is 11.6 Å². The van der Waals surface area contributed by atoms with E-state index in [-0.39, 0.29) is 6.04 Å². The second-order valence-corrected chi connectivity index (χ2v) is 9.09. The molecular weight excluding hydrogens is 442 g/mol. The van der Waals surface area contributed by atoms with Gasteiger partial charge in [0.2, 0.25) is 0 Å². The first kappa shape index (κ1) is 21.4. The first-order valence-corrected chi connectivity index (χ1v) is 11.0. The average Bonchev–Trinajstić information content (AvgIpc) is 3.33. The molecule has 31 heavy (non-hydrogen) atoms. The van der Waals surface area contributed by atoms with Gasteiger partial charge in [-0.15, -0.1) is 11.3 Å². The number of nitrogens with zero attached hydrogens (tertiary/aromatic N) is 2. The van der Waals surface area contributed by atoms with E-state index in [0.717, 1.165) is 16.9 Å². The quantitative estimate of drug-likeness (QED) is 0.553. The number of amides is 4. The van der Waals surface area contributed by atoms with Crippen molar-refractivity contribution < 1.29 is 19.5 Å². The number of nitrogens with two attached hydrogens (primary N) is 1. The molecule has 2 aliphatic heterocycles. The van der Waals surface area contributed by atoms with Gasteiger partial charge < -0.3 is 21.1 Å². The molecule has 1 aromatic heterocycles. The van der Waals surface area contributed by atoms with Crippen molar-refractivity contribution in [3.63, 3.8) is 0 Å². The number of rotatable bonds is 4. The molecule has 1 aromatic carbocycles. The Morgan fingerprint density at radius 2 is 1.90 bits per heavy atom. The Kier molecular flexibility index (Phi) is 6.03. The highest BCUT2D eigenvalue weighted by Crippen LogP contribution is 2.38. The lowest BCUT2D eigenvalue weighted by Gasteiger charge is -2.32. The summed E-state index contributed by atoms with van der Waals surface area (Å²) in [5.41, 5.74) is 7.42. The van der Waals surface area contributed by atoms with Crippen LogP contribution in [0, 0.1) is 0 Å². The van der Waals surface area contributed by atoms with Crippen molar-refractivity contribution in [3.8, 4) is 0 Å². The first-order valence-electron chi connectivity index (χ1n) is 9.81. The summed E-state index contributed by atoms with van der Waals surface area (Å²) in [6.07, 6.45) is 0.504. The molecule has 9 nitrogen and oxygen atoms in total. The van der Waals surface area contributed by atoms with E-state index in [1.165, 1.54) is 16.2 Å². The predicted octanol–water partition coefficient (Wildman–Crippen LogP) is 3.25. The highest BCUT2D eigenvalue weighted by atomic mass is 35.5. The third-order valence-electron chi connectivity index (χ3n) is 5.61. The summed E-state index contributed by atoms with van der Waals surface area (Å²) in [5, 5.41) is 15.6. The predicted molar refractivity (Wildman–Crippen MR) is 119 cm³/mol. The lowest BCUT2D eigenvalue weighted by molar-refractivity contribution is 0.0999. The normalized spacial score (nSPS) is 18.5. The fourth-order valence-corrected chi connectivity index (χ4v) is 5.50. The number of carbonyl (C=O) groups is 3. The first-order chi connectivity index (χ1) is 14.8. The van der Waals surface area contributed by atoms with Gasteiger partial charge in [-0.05, 0) is 42.7 Å². The molecule has 5 N–H and O–H groups in total. The average molecular weight is 464 g/mol. The summed E-state index contributed by atoms with van der Waals surface area (Å²) >= 11 is 7.20. The van der Waals surface area contributed by atoms with Crippen LogP contribution in [0.5, 0.6) is 0 Å². The number of halogens is 1. The minimum Gasteiger partial charge on any atom is -0.465 e. The Morgan fingerprint density at radius 1 is 1.16 bits per heavy atom. The summed E-state index contributed by atoms with van der Waals surface area (Å²) < 4.78 is 0. The van der Waals surface area contributed by atoms with Crippen LogP contribution in [0.2, 0.25) is 5.02 Å². The van der Waals surface area contributed by atoms with Gasteiger partial charge in [-0.25, -0.2) is 9.59 Å². The Hall–Kier alpha value is -2.82. The van der Waals surface area contributed by atoms with Crippen molar-refractivity contribution in [2.24, 2.45) is 5.73 Å². The number of hydrogen-bond donors (Lipinski definition) is 4. The summed E-state index contributed by atoms with van der Waals surface area (Å²) in [4.78, 5) is 40.4. The molecule has 4 rings (SSSR count). The molecule has 0 saturated carbocycles. The third-order valence-corrected chi connectivity index (χ3v) is 7.00. The molecule has 1 atom stereocenters. The van der Waals surface area contributed by atoms with Gasteiger partial charge in [-0.2, -0.15) is 0 Å². The molecule has 11 heteroatoms. The number of carboxylic acid groups (broad SMARTS) is 1. The Labute approximate surface area is 187 Å². The second kappa shape index (κ2) is 8.74. The molecule has 3 heterocycles. The smallest absolute Gasteiger partial charge is 0.407 e. The van der Waals surface area contributed by atoms with E-state index >= 15 is 0 Å². The van der Waals surface area contributed by atoms with E-state index in [1.54, 1.807) is 24.3 Å². The maximum Gasteiger partial charge on any atom is 0.407 e. The minimum absolute atomic E-state index is 0.146. The van der Waals surface area contributed by atoms with Crippen molar-refractivity contribution in [1.82, 2.24) is 9.80 Å². The van der Waals surface area contributed by atoms with Crippen LogP contribution in [0.15, 0.2) is 24.3 Å². The Bertz CT molecular complexity index is 1030. The standard InChI is InChI=1S/C20H22ClN5O4S/c21-11-1-3-12(4-2-11)23-19(28)24-18-16(17(22)27)14-6-8-25(10-15(14)31-18)13-5-7-26(9-13)20(29)30/h1-4,13H,5-10H2,(H2,22,27)(H,29,30)(H2,23,24,28). The zero-order valence-corrected chi connectivity index (χ0v) is 18.1. The van der Waals surface area contributed by atoms with E-state index in [2.05, 4.69) is 15.5 Å². The van der Waals surface area contributed by atoms with Crippen molar-refractivity contribution in [3.05, 3.63) is 45.3 Å². The number of carbonyl (C=O) groups excluding carboxylic acids is 2. The number of benzene rings is 1. The van der Waals surface area contributed by atoms with Crippen molar-refractivity contribution in [2.45, 2.75) is 25.4 Å². The van der Waals surface area contributed by atoms with Crippen LogP contribution in [0.25, 0.3) is 0 Å². The Balaban J connectivity index is 1.48. The molecule has 1 saturated heterocycles. The van der Waals surface area contributed by atoms with Crippen LogP contribution in [0.1, 0.15) is 27.2 Å². The van der Waals surface area contributed by atoms with Crippen molar-refractivity contribution in [1.29, 1.82) is 0 Å². The summed E-state index contributed by atoms with van der Waals surface area (Å²) in [7, 11) is 0. The molecule has 1 fully saturated rings. The van der Waals surface area contributed by atoms with E-state index in [0.29, 0.717) is 53.9 Å². The zero-order chi connectivity index (χ0) is 22.1. The zero-order valence-electron chi connectivity index (χ0n) is 16.6. The van der Waals surface area contributed by atoms with Crippen LogP contribution in [0.3, 0.4) is 0 Å². The number of nitrogens with one attached hydrogen (secondary N) is 2. The third kappa shape index (κ3) is 4.60. The largest absolute Gasteiger partial charge is 0.465 e. The number of likely N-dealkylation sites (tertiary alicyclic amines) is 1. The van der Waals surface area contributed by atoms with E-state index in [1.807, 2.05) is 0 Å². The molecule has 1 unspecified atom stereocenters. The fraction of sp³-hybridized carbons (Fsp3) is 0.350. The highest BCUT2D eigenvalue weighted by Gasteiger charge is 2.34.